The van der Waals surface area contributed by atoms with Crippen molar-refractivity contribution in [1.82, 2.24) is 0 Å². The minimum Gasteiger partial charge on any atom is -0.422 e. The second-order valence-electron chi connectivity index (χ2n) is 6.23. The van der Waals surface area contributed by atoms with Gasteiger partial charge in [-0.05, 0) is 60.2 Å². The van der Waals surface area contributed by atoms with E-state index in [-0.39, 0.29) is 0 Å². The zero-order valence-corrected chi connectivity index (χ0v) is 14.1. The second-order valence-corrected chi connectivity index (χ2v) is 7.02. The molecule has 1 N–H and O–H groups in total. The van der Waals surface area contributed by atoms with Gasteiger partial charge >= 0.3 is 5.63 Å². The van der Waals surface area contributed by atoms with Gasteiger partial charge in [-0.1, -0.05) is 0 Å². The van der Waals surface area contributed by atoms with Crippen LogP contribution in [-0.4, -0.2) is 18.2 Å². The minimum absolute atomic E-state index is 0.339. The Hall–Kier alpha value is -1.33. The van der Waals surface area contributed by atoms with Gasteiger partial charge in [-0.3, -0.25) is 0 Å². The lowest BCUT2D eigenvalue weighted by Crippen LogP contribution is -2.34. The van der Waals surface area contributed by atoms with E-state index >= 15 is 0 Å². The van der Waals surface area contributed by atoms with Gasteiger partial charge in [-0.15, -0.1) is 0 Å². The van der Waals surface area contributed by atoms with Crippen molar-refractivity contribution in [1.29, 1.82) is 0 Å². The van der Waals surface area contributed by atoms with Crippen LogP contribution in [0.4, 0.5) is 5.69 Å². The second kappa shape index (κ2) is 5.10. The first-order chi connectivity index (χ1) is 10.6. The summed E-state index contributed by atoms with van der Waals surface area (Å²) in [6.45, 7) is 3.85. The molecule has 1 aromatic carbocycles. The third-order valence-electron chi connectivity index (χ3n) is 4.79. The summed E-state index contributed by atoms with van der Waals surface area (Å²) in [6, 6.07) is 2.11. The van der Waals surface area contributed by atoms with E-state index in [0.29, 0.717) is 15.6 Å². The van der Waals surface area contributed by atoms with E-state index in [9.17, 15) is 9.90 Å². The third-order valence-corrected chi connectivity index (χ3v) is 5.54. The molecule has 0 bridgehead atoms. The smallest absolute Gasteiger partial charge is 0.351 e. The summed E-state index contributed by atoms with van der Waals surface area (Å²) in [5.74, 6) is 0. The van der Waals surface area contributed by atoms with Gasteiger partial charge in [0.1, 0.15) is 10.1 Å². The third kappa shape index (κ3) is 1.95. The molecule has 0 radical (unpaired) electrons. The number of aliphatic hydroxyl groups excluding tert-OH is 1. The predicted octanol–water partition coefficient (Wildman–Crippen LogP) is 3.31. The Balaban J connectivity index is 2.15. The molecule has 2 aliphatic heterocycles. The standard InChI is InChI=1S/C17H18BrNO3/c1-9(20)13-12-8-10-4-2-6-19-7-3-5-11(15(10)19)16(12)22-17(21)14(13)18/h8-9,20H,2-7H2,1H3. The lowest BCUT2D eigenvalue weighted by molar-refractivity contribution is 0.199. The number of rotatable bonds is 1. The topological polar surface area (TPSA) is 53.7 Å². The molecule has 1 unspecified atom stereocenters. The largest absolute Gasteiger partial charge is 0.422 e. The van der Waals surface area contributed by atoms with Gasteiger partial charge in [0.15, 0.2) is 0 Å². The maximum absolute atomic E-state index is 12.2. The molecule has 5 heteroatoms. The van der Waals surface area contributed by atoms with Crippen LogP contribution >= 0.6 is 15.9 Å². The molecule has 22 heavy (non-hydrogen) atoms. The summed E-state index contributed by atoms with van der Waals surface area (Å²) in [5, 5.41) is 11.0. The lowest BCUT2D eigenvalue weighted by atomic mass is 9.88. The van der Waals surface area contributed by atoms with Crippen molar-refractivity contribution in [3.05, 3.63) is 37.6 Å². The number of nitrogens with zero attached hydrogens (tertiary/aromatic N) is 1. The Bertz CT molecular complexity index is 823. The van der Waals surface area contributed by atoms with Gasteiger partial charge < -0.3 is 14.4 Å². The van der Waals surface area contributed by atoms with Gasteiger partial charge in [0.05, 0.1) is 6.10 Å². The van der Waals surface area contributed by atoms with E-state index in [4.69, 9.17) is 4.42 Å². The highest BCUT2D eigenvalue weighted by molar-refractivity contribution is 9.10. The molecular formula is C17H18BrNO3. The molecule has 0 saturated carbocycles. The molecule has 0 aliphatic carbocycles. The van der Waals surface area contributed by atoms with Crippen molar-refractivity contribution >= 4 is 32.6 Å². The Labute approximate surface area is 136 Å². The highest BCUT2D eigenvalue weighted by Crippen LogP contribution is 2.42. The summed E-state index contributed by atoms with van der Waals surface area (Å²) >= 11 is 3.29. The highest BCUT2D eigenvalue weighted by atomic mass is 79.9. The Morgan fingerprint density at radius 3 is 2.77 bits per heavy atom. The van der Waals surface area contributed by atoms with E-state index < -0.39 is 11.7 Å². The number of hydrogen-bond donors (Lipinski definition) is 1. The zero-order valence-electron chi connectivity index (χ0n) is 12.5. The van der Waals surface area contributed by atoms with Gasteiger partial charge in [0.25, 0.3) is 0 Å². The minimum atomic E-state index is -0.713. The molecule has 4 rings (SSSR count). The molecule has 0 spiro atoms. The van der Waals surface area contributed by atoms with Crippen LogP contribution in [0, 0.1) is 0 Å². The van der Waals surface area contributed by atoms with Crippen molar-refractivity contribution in [2.24, 2.45) is 0 Å². The molecule has 4 nitrogen and oxygen atoms in total. The summed E-state index contributed by atoms with van der Waals surface area (Å²) < 4.78 is 5.95. The fourth-order valence-corrected chi connectivity index (χ4v) is 4.55. The number of aliphatic hydroxyl groups is 1. The molecule has 0 amide bonds. The summed E-state index contributed by atoms with van der Waals surface area (Å²) in [4.78, 5) is 14.6. The van der Waals surface area contributed by atoms with Gasteiger partial charge in [0, 0.05) is 35.3 Å². The Morgan fingerprint density at radius 2 is 2.05 bits per heavy atom. The van der Waals surface area contributed by atoms with Crippen molar-refractivity contribution < 1.29 is 9.52 Å². The summed E-state index contributed by atoms with van der Waals surface area (Å²) in [6.07, 6.45) is 3.49. The van der Waals surface area contributed by atoms with Gasteiger partial charge in [-0.2, -0.15) is 0 Å². The Morgan fingerprint density at radius 1 is 1.32 bits per heavy atom. The molecule has 0 saturated heterocycles. The van der Waals surface area contributed by atoms with Crippen LogP contribution in [0.2, 0.25) is 0 Å². The monoisotopic (exact) mass is 363 g/mol. The molecule has 2 aliphatic rings. The van der Waals surface area contributed by atoms with Crippen LogP contribution in [-0.2, 0) is 12.8 Å². The molecule has 1 atom stereocenters. The van der Waals surface area contributed by atoms with Crippen LogP contribution in [0.1, 0.15) is 42.6 Å². The van der Waals surface area contributed by atoms with Crippen LogP contribution in [0.3, 0.4) is 0 Å². The quantitative estimate of drug-likeness (QED) is 0.789. The first-order valence-corrected chi connectivity index (χ1v) is 8.61. The van der Waals surface area contributed by atoms with Crippen LogP contribution in [0.5, 0.6) is 0 Å². The molecule has 2 aromatic rings. The van der Waals surface area contributed by atoms with E-state index in [1.807, 2.05) is 0 Å². The number of anilines is 1. The first kappa shape index (κ1) is 14.3. The number of halogens is 1. The van der Waals surface area contributed by atoms with Gasteiger partial charge in [-0.25, -0.2) is 4.79 Å². The average molecular weight is 364 g/mol. The Kier molecular flexibility index (Phi) is 3.31. The van der Waals surface area contributed by atoms with Crippen LogP contribution < -0.4 is 10.5 Å². The summed E-state index contributed by atoms with van der Waals surface area (Å²) in [5.41, 5.74) is 4.63. The van der Waals surface area contributed by atoms with Crippen molar-refractivity contribution in [3.63, 3.8) is 0 Å². The van der Waals surface area contributed by atoms with Gasteiger partial charge in [0.2, 0.25) is 0 Å². The number of fused-ring (bicyclic) bond motifs is 2. The van der Waals surface area contributed by atoms with E-state index in [0.717, 1.165) is 49.7 Å². The average Bonchev–Trinajstić information content (AvgIpc) is 2.49. The normalized spacial score (nSPS) is 18.4. The fourth-order valence-electron chi connectivity index (χ4n) is 3.92. The molecule has 0 fully saturated rings. The maximum Gasteiger partial charge on any atom is 0.351 e. The molecule has 1 aromatic heterocycles. The lowest BCUT2D eigenvalue weighted by Gasteiger charge is -2.37. The SMILES string of the molecule is CC(O)c1c(Br)c(=O)oc2c3c4c(cc12)CCCN4CCC3. The van der Waals surface area contributed by atoms with Crippen molar-refractivity contribution in [2.75, 3.05) is 18.0 Å². The zero-order chi connectivity index (χ0) is 15.4. The highest BCUT2D eigenvalue weighted by Gasteiger charge is 2.29. The van der Waals surface area contributed by atoms with E-state index in [1.54, 1.807) is 6.92 Å². The number of benzene rings is 1. The van der Waals surface area contributed by atoms with E-state index in [1.165, 1.54) is 11.3 Å². The molecule has 116 valence electrons. The maximum atomic E-state index is 12.2. The molecular weight excluding hydrogens is 346 g/mol. The van der Waals surface area contributed by atoms with Crippen LogP contribution in [0.15, 0.2) is 19.8 Å². The number of aryl methyl sites for hydroxylation is 2. The van der Waals surface area contributed by atoms with E-state index in [2.05, 4.69) is 26.9 Å². The first-order valence-electron chi connectivity index (χ1n) is 7.82. The number of hydrogen-bond acceptors (Lipinski definition) is 4. The predicted molar refractivity (Wildman–Crippen MR) is 89.7 cm³/mol. The molecule has 3 heterocycles. The fraction of sp³-hybridized carbons (Fsp3) is 0.471. The van der Waals surface area contributed by atoms with Crippen molar-refractivity contribution in [3.8, 4) is 0 Å². The van der Waals surface area contributed by atoms with Crippen LogP contribution in [0.25, 0.3) is 11.0 Å². The van der Waals surface area contributed by atoms with Crippen molar-refractivity contribution in [2.45, 2.75) is 38.7 Å². The summed E-state index contributed by atoms with van der Waals surface area (Å²) in [7, 11) is 0.